The van der Waals surface area contributed by atoms with E-state index in [-0.39, 0.29) is 11.6 Å². The SMILES string of the molecule is Oc1ccc(F)cc1CBr. The number of alkyl halides is 1. The summed E-state index contributed by atoms with van der Waals surface area (Å²) in [5, 5.41) is 9.51. The Hall–Kier alpha value is -0.570. The van der Waals surface area contributed by atoms with Gasteiger partial charge < -0.3 is 5.11 Å². The largest absolute Gasteiger partial charge is 0.508 e. The predicted molar refractivity (Wildman–Crippen MR) is 40.7 cm³/mol. The van der Waals surface area contributed by atoms with E-state index in [4.69, 9.17) is 5.11 Å². The summed E-state index contributed by atoms with van der Waals surface area (Å²) >= 11 is 3.12. The Morgan fingerprint density at radius 2 is 2.20 bits per heavy atom. The molecule has 0 aliphatic carbocycles. The molecule has 1 N–H and O–H groups in total. The van der Waals surface area contributed by atoms with E-state index in [1.165, 1.54) is 18.2 Å². The van der Waals surface area contributed by atoms with Crippen molar-refractivity contribution in [3.63, 3.8) is 0 Å². The van der Waals surface area contributed by atoms with Crippen LogP contribution in [0.1, 0.15) is 5.56 Å². The lowest BCUT2D eigenvalue weighted by Crippen LogP contribution is -1.80. The van der Waals surface area contributed by atoms with Gasteiger partial charge in [0.05, 0.1) is 0 Å². The zero-order valence-electron chi connectivity index (χ0n) is 5.14. The Morgan fingerprint density at radius 3 is 2.70 bits per heavy atom. The van der Waals surface area contributed by atoms with E-state index in [0.717, 1.165) is 0 Å². The van der Waals surface area contributed by atoms with Crippen molar-refractivity contribution in [2.45, 2.75) is 5.33 Å². The van der Waals surface area contributed by atoms with E-state index in [1.807, 2.05) is 0 Å². The van der Waals surface area contributed by atoms with Crippen molar-refractivity contribution in [1.82, 2.24) is 0 Å². The molecule has 3 heteroatoms. The van der Waals surface area contributed by atoms with Crippen LogP contribution in [0.5, 0.6) is 5.75 Å². The minimum atomic E-state index is -0.327. The van der Waals surface area contributed by atoms with Gasteiger partial charge in [0.2, 0.25) is 0 Å². The summed E-state index contributed by atoms with van der Waals surface area (Å²) in [6, 6.07) is 3.86. The molecule has 0 bridgehead atoms. The van der Waals surface area contributed by atoms with Gasteiger partial charge in [0, 0.05) is 10.9 Å². The monoisotopic (exact) mass is 204 g/mol. The van der Waals surface area contributed by atoms with Gasteiger partial charge in [0.1, 0.15) is 11.6 Å². The summed E-state index contributed by atoms with van der Waals surface area (Å²) in [7, 11) is 0. The second-order valence-electron chi connectivity index (χ2n) is 1.91. The lowest BCUT2D eigenvalue weighted by Gasteiger charge is -1.98. The van der Waals surface area contributed by atoms with Gasteiger partial charge in [0.25, 0.3) is 0 Å². The molecule has 0 aliphatic heterocycles. The molecule has 0 fully saturated rings. The van der Waals surface area contributed by atoms with Gasteiger partial charge in [0.15, 0.2) is 0 Å². The molecule has 54 valence electrons. The molecule has 0 aliphatic rings. The Bertz CT molecular complexity index is 237. The van der Waals surface area contributed by atoms with Crippen LogP contribution in [0.25, 0.3) is 0 Å². The molecular weight excluding hydrogens is 199 g/mol. The van der Waals surface area contributed by atoms with Crippen LogP contribution in [0.2, 0.25) is 0 Å². The molecule has 0 radical (unpaired) electrons. The van der Waals surface area contributed by atoms with Crippen LogP contribution in [0.3, 0.4) is 0 Å². The maximum atomic E-state index is 12.4. The van der Waals surface area contributed by atoms with Crippen molar-refractivity contribution >= 4 is 15.9 Å². The molecule has 0 saturated carbocycles. The van der Waals surface area contributed by atoms with Crippen LogP contribution in [0.4, 0.5) is 4.39 Å². The average Bonchev–Trinajstić information content (AvgIpc) is 1.94. The second-order valence-corrected chi connectivity index (χ2v) is 2.47. The highest BCUT2D eigenvalue weighted by Gasteiger charge is 1.99. The van der Waals surface area contributed by atoms with Gasteiger partial charge in [-0.3, -0.25) is 0 Å². The molecule has 0 atom stereocenters. The summed E-state index contributed by atoms with van der Waals surface area (Å²) in [6.45, 7) is 0. The minimum Gasteiger partial charge on any atom is -0.508 e. The number of phenols is 1. The van der Waals surface area contributed by atoms with Crippen molar-refractivity contribution in [2.75, 3.05) is 0 Å². The summed E-state index contributed by atoms with van der Waals surface area (Å²) < 4.78 is 12.4. The molecular formula is C7H6BrFO. The average molecular weight is 205 g/mol. The maximum Gasteiger partial charge on any atom is 0.123 e. The van der Waals surface area contributed by atoms with Crippen molar-refractivity contribution in [3.8, 4) is 5.75 Å². The summed E-state index contributed by atoms with van der Waals surface area (Å²) in [5.74, 6) is -0.203. The molecule has 0 amide bonds. The smallest absolute Gasteiger partial charge is 0.123 e. The summed E-state index contributed by atoms with van der Waals surface area (Å²) in [5.41, 5.74) is 0.569. The third kappa shape index (κ3) is 1.48. The number of hydrogen-bond donors (Lipinski definition) is 1. The standard InChI is InChI=1S/C7H6BrFO/c8-4-5-3-6(9)1-2-7(5)10/h1-3,10H,4H2. The highest BCUT2D eigenvalue weighted by molar-refractivity contribution is 9.08. The Balaban J connectivity index is 3.09. The zero-order valence-corrected chi connectivity index (χ0v) is 6.73. The Kier molecular flexibility index (Phi) is 2.27. The molecule has 0 saturated heterocycles. The highest BCUT2D eigenvalue weighted by atomic mass is 79.9. The van der Waals surface area contributed by atoms with Gasteiger partial charge in [-0.1, -0.05) is 15.9 Å². The first-order chi connectivity index (χ1) is 4.74. The molecule has 1 aromatic carbocycles. The first-order valence-electron chi connectivity index (χ1n) is 2.77. The maximum absolute atomic E-state index is 12.4. The van der Waals surface area contributed by atoms with Gasteiger partial charge in [-0.25, -0.2) is 4.39 Å². The van der Waals surface area contributed by atoms with Gasteiger partial charge in [-0.15, -0.1) is 0 Å². The van der Waals surface area contributed by atoms with Gasteiger partial charge in [-0.2, -0.15) is 0 Å². The van der Waals surface area contributed by atoms with E-state index in [2.05, 4.69) is 15.9 Å². The Morgan fingerprint density at radius 1 is 1.50 bits per heavy atom. The molecule has 0 aromatic heterocycles. The predicted octanol–water partition coefficient (Wildman–Crippen LogP) is 2.43. The molecule has 0 spiro atoms. The quantitative estimate of drug-likeness (QED) is 0.698. The molecule has 1 rings (SSSR count). The third-order valence-corrected chi connectivity index (χ3v) is 1.79. The molecule has 10 heavy (non-hydrogen) atoms. The fraction of sp³-hybridized carbons (Fsp3) is 0.143. The normalized spacial score (nSPS) is 9.80. The van der Waals surface area contributed by atoms with Crippen LogP contribution < -0.4 is 0 Å². The molecule has 1 aromatic rings. The van der Waals surface area contributed by atoms with Crippen molar-refractivity contribution in [3.05, 3.63) is 29.6 Å². The lowest BCUT2D eigenvalue weighted by atomic mass is 10.2. The topological polar surface area (TPSA) is 20.2 Å². The Labute approximate surface area is 66.6 Å². The number of halogens is 2. The van der Waals surface area contributed by atoms with Crippen LogP contribution in [0.15, 0.2) is 18.2 Å². The summed E-state index contributed by atoms with van der Waals surface area (Å²) in [4.78, 5) is 0. The number of phenolic OH excluding ortho intramolecular Hbond substituents is 1. The fourth-order valence-electron chi connectivity index (χ4n) is 0.661. The second kappa shape index (κ2) is 3.01. The lowest BCUT2D eigenvalue weighted by molar-refractivity contribution is 0.468. The number of rotatable bonds is 1. The fourth-order valence-corrected chi connectivity index (χ4v) is 1.11. The minimum absolute atomic E-state index is 0.123. The third-order valence-electron chi connectivity index (χ3n) is 1.19. The van der Waals surface area contributed by atoms with E-state index < -0.39 is 0 Å². The summed E-state index contributed by atoms with van der Waals surface area (Å²) in [6.07, 6.45) is 0. The van der Waals surface area contributed by atoms with Crippen LogP contribution in [-0.2, 0) is 5.33 Å². The number of benzene rings is 1. The van der Waals surface area contributed by atoms with Gasteiger partial charge >= 0.3 is 0 Å². The molecule has 1 nitrogen and oxygen atoms in total. The van der Waals surface area contributed by atoms with Crippen molar-refractivity contribution in [1.29, 1.82) is 0 Å². The molecule has 0 heterocycles. The molecule has 0 unspecified atom stereocenters. The first kappa shape index (κ1) is 7.54. The highest BCUT2D eigenvalue weighted by Crippen LogP contribution is 2.19. The van der Waals surface area contributed by atoms with Gasteiger partial charge in [-0.05, 0) is 18.2 Å². The van der Waals surface area contributed by atoms with Crippen LogP contribution in [-0.4, -0.2) is 5.11 Å². The van der Waals surface area contributed by atoms with E-state index in [9.17, 15) is 4.39 Å². The number of aromatic hydroxyl groups is 1. The van der Waals surface area contributed by atoms with E-state index in [1.54, 1.807) is 0 Å². The zero-order chi connectivity index (χ0) is 7.56. The van der Waals surface area contributed by atoms with E-state index >= 15 is 0 Å². The van der Waals surface area contributed by atoms with Crippen LogP contribution in [0, 0.1) is 5.82 Å². The van der Waals surface area contributed by atoms with Crippen molar-refractivity contribution in [2.24, 2.45) is 0 Å². The van der Waals surface area contributed by atoms with Crippen molar-refractivity contribution < 1.29 is 9.50 Å². The number of hydrogen-bond acceptors (Lipinski definition) is 1. The van der Waals surface area contributed by atoms with E-state index in [0.29, 0.717) is 10.9 Å². The van der Waals surface area contributed by atoms with Crippen LogP contribution >= 0.6 is 15.9 Å². The first-order valence-corrected chi connectivity index (χ1v) is 3.89.